The van der Waals surface area contributed by atoms with E-state index in [0.717, 1.165) is 58.0 Å². The predicted molar refractivity (Wildman–Crippen MR) is 99.7 cm³/mol. The number of hydrogen-bond acceptors (Lipinski definition) is 3. The van der Waals surface area contributed by atoms with Crippen LogP contribution in [0.5, 0.6) is 5.75 Å². The minimum absolute atomic E-state index is 0.773. The molecule has 0 N–H and O–H groups in total. The number of aryl methyl sites for hydroxylation is 1. The van der Waals surface area contributed by atoms with Gasteiger partial charge in [0.15, 0.2) is 0 Å². The monoisotopic (exact) mass is 324 g/mol. The molecule has 2 aromatic carbocycles. The van der Waals surface area contributed by atoms with Crippen molar-refractivity contribution in [2.75, 3.05) is 45.9 Å². The van der Waals surface area contributed by atoms with Gasteiger partial charge in [0.25, 0.3) is 0 Å². The van der Waals surface area contributed by atoms with Crippen LogP contribution in [0.1, 0.15) is 11.1 Å². The maximum absolute atomic E-state index is 5.92. The Morgan fingerprint density at radius 2 is 1.42 bits per heavy atom. The summed E-state index contributed by atoms with van der Waals surface area (Å²) < 4.78 is 5.92. The lowest BCUT2D eigenvalue weighted by atomic mass is 10.1. The van der Waals surface area contributed by atoms with Crippen LogP contribution in [0.4, 0.5) is 0 Å². The average Bonchev–Trinajstić information content (AvgIpc) is 2.63. The Balaban J connectivity index is 1.33. The first-order valence-corrected chi connectivity index (χ1v) is 8.98. The Hall–Kier alpha value is -1.84. The number of nitrogens with zero attached hydrogens (tertiary/aromatic N) is 2. The van der Waals surface area contributed by atoms with E-state index in [0.29, 0.717) is 0 Å². The van der Waals surface area contributed by atoms with E-state index < -0.39 is 0 Å². The first-order valence-electron chi connectivity index (χ1n) is 8.98. The van der Waals surface area contributed by atoms with Gasteiger partial charge in [-0.2, -0.15) is 0 Å². The number of hydrogen-bond donors (Lipinski definition) is 0. The zero-order valence-corrected chi connectivity index (χ0v) is 14.7. The topological polar surface area (TPSA) is 15.7 Å². The van der Waals surface area contributed by atoms with Gasteiger partial charge in [-0.05, 0) is 30.5 Å². The van der Waals surface area contributed by atoms with Crippen LogP contribution in [0.25, 0.3) is 0 Å². The summed E-state index contributed by atoms with van der Waals surface area (Å²) in [5, 5.41) is 0. The molecular weight excluding hydrogens is 296 g/mol. The molecular formula is C21H28N2O. The molecule has 0 aliphatic carbocycles. The van der Waals surface area contributed by atoms with Crippen molar-refractivity contribution in [1.82, 2.24) is 9.80 Å². The molecule has 0 aromatic heterocycles. The van der Waals surface area contributed by atoms with Crippen molar-refractivity contribution >= 4 is 0 Å². The summed E-state index contributed by atoms with van der Waals surface area (Å²) in [6, 6.07) is 19.0. The summed E-state index contributed by atoms with van der Waals surface area (Å²) in [7, 11) is 0. The normalized spacial score (nSPS) is 16.2. The van der Waals surface area contributed by atoms with E-state index in [4.69, 9.17) is 4.74 Å². The summed E-state index contributed by atoms with van der Waals surface area (Å²) in [5.74, 6) is 1.01. The summed E-state index contributed by atoms with van der Waals surface area (Å²) in [6.07, 6.45) is 1.15. The Morgan fingerprint density at radius 1 is 0.792 bits per heavy atom. The molecule has 0 unspecified atom stereocenters. The fourth-order valence-corrected chi connectivity index (χ4v) is 3.17. The lowest BCUT2D eigenvalue weighted by Gasteiger charge is -2.34. The molecule has 0 radical (unpaired) electrons. The molecule has 0 bridgehead atoms. The zero-order chi connectivity index (χ0) is 16.6. The van der Waals surface area contributed by atoms with E-state index in [-0.39, 0.29) is 0 Å². The third-order valence-corrected chi connectivity index (χ3v) is 4.78. The SMILES string of the molecule is Cc1ccccc1OCCN1CCN(CCc2ccccc2)CC1. The molecule has 3 heteroatoms. The molecule has 1 saturated heterocycles. The molecule has 0 amide bonds. The van der Waals surface area contributed by atoms with Crippen LogP contribution in [0.2, 0.25) is 0 Å². The molecule has 3 rings (SSSR count). The summed E-state index contributed by atoms with van der Waals surface area (Å²) in [5.41, 5.74) is 2.65. The van der Waals surface area contributed by atoms with Crippen molar-refractivity contribution in [2.45, 2.75) is 13.3 Å². The highest BCUT2D eigenvalue weighted by molar-refractivity contribution is 5.31. The van der Waals surface area contributed by atoms with Crippen molar-refractivity contribution in [1.29, 1.82) is 0 Å². The quantitative estimate of drug-likeness (QED) is 0.778. The molecule has 0 spiro atoms. The lowest BCUT2D eigenvalue weighted by molar-refractivity contribution is 0.117. The standard InChI is InChI=1S/C21H28N2O/c1-19-7-5-6-10-21(19)24-18-17-23-15-13-22(14-16-23)12-11-20-8-3-2-4-9-20/h2-10H,11-18H2,1H3. The summed E-state index contributed by atoms with van der Waals surface area (Å²) >= 11 is 0. The third kappa shape index (κ3) is 5.08. The van der Waals surface area contributed by atoms with Crippen LogP contribution in [-0.2, 0) is 6.42 Å². The first-order chi connectivity index (χ1) is 11.8. The van der Waals surface area contributed by atoms with Gasteiger partial charge in [-0.3, -0.25) is 4.90 Å². The zero-order valence-electron chi connectivity index (χ0n) is 14.7. The van der Waals surface area contributed by atoms with Crippen LogP contribution < -0.4 is 4.74 Å². The van der Waals surface area contributed by atoms with Gasteiger partial charge in [-0.1, -0.05) is 48.5 Å². The second-order valence-corrected chi connectivity index (χ2v) is 6.53. The number of piperazine rings is 1. The van der Waals surface area contributed by atoms with Crippen molar-refractivity contribution < 1.29 is 4.74 Å². The van der Waals surface area contributed by atoms with Crippen molar-refractivity contribution in [3.63, 3.8) is 0 Å². The molecule has 1 fully saturated rings. The van der Waals surface area contributed by atoms with E-state index in [9.17, 15) is 0 Å². The fourth-order valence-electron chi connectivity index (χ4n) is 3.17. The van der Waals surface area contributed by atoms with Gasteiger partial charge in [0.05, 0.1) is 0 Å². The number of ether oxygens (including phenoxy) is 1. The summed E-state index contributed by atoms with van der Waals surface area (Å²) in [6.45, 7) is 9.67. The van der Waals surface area contributed by atoms with Crippen molar-refractivity contribution in [3.05, 3.63) is 65.7 Å². The fraction of sp³-hybridized carbons (Fsp3) is 0.429. The number of benzene rings is 2. The van der Waals surface area contributed by atoms with E-state index in [1.807, 2.05) is 6.07 Å². The van der Waals surface area contributed by atoms with Crippen molar-refractivity contribution in [3.8, 4) is 5.75 Å². The molecule has 3 nitrogen and oxygen atoms in total. The maximum Gasteiger partial charge on any atom is 0.122 e. The highest BCUT2D eigenvalue weighted by Crippen LogP contribution is 2.16. The molecule has 1 heterocycles. The van der Waals surface area contributed by atoms with Gasteiger partial charge >= 0.3 is 0 Å². The summed E-state index contributed by atoms with van der Waals surface area (Å²) in [4.78, 5) is 5.09. The van der Waals surface area contributed by atoms with E-state index >= 15 is 0 Å². The molecule has 128 valence electrons. The van der Waals surface area contributed by atoms with E-state index in [1.165, 1.54) is 11.1 Å². The molecule has 24 heavy (non-hydrogen) atoms. The molecule has 0 atom stereocenters. The Labute approximate surface area is 145 Å². The van der Waals surface area contributed by atoms with Gasteiger partial charge < -0.3 is 9.64 Å². The van der Waals surface area contributed by atoms with Crippen molar-refractivity contribution in [2.24, 2.45) is 0 Å². The number of para-hydroxylation sites is 1. The average molecular weight is 324 g/mol. The molecule has 0 saturated carbocycles. The minimum atomic E-state index is 0.773. The van der Waals surface area contributed by atoms with Crippen LogP contribution in [-0.4, -0.2) is 55.7 Å². The molecule has 2 aromatic rings. The lowest BCUT2D eigenvalue weighted by Crippen LogP contribution is -2.47. The smallest absolute Gasteiger partial charge is 0.122 e. The maximum atomic E-state index is 5.92. The van der Waals surface area contributed by atoms with E-state index in [1.54, 1.807) is 0 Å². The second kappa shape index (κ2) is 8.86. The van der Waals surface area contributed by atoms with Gasteiger partial charge in [0.1, 0.15) is 12.4 Å². The van der Waals surface area contributed by atoms with Crippen LogP contribution >= 0.6 is 0 Å². The Bertz CT molecular complexity index is 606. The molecule has 1 aliphatic heterocycles. The second-order valence-electron chi connectivity index (χ2n) is 6.53. The van der Waals surface area contributed by atoms with E-state index in [2.05, 4.69) is 65.3 Å². The Kier molecular flexibility index (Phi) is 6.27. The highest BCUT2D eigenvalue weighted by Gasteiger charge is 2.16. The number of rotatable bonds is 7. The van der Waals surface area contributed by atoms with Gasteiger partial charge in [0, 0.05) is 39.3 Å². The van der Waals surface area contributed by atoms with Gasteiger partial charge in [0.2, 0.25) is 0 Å². The van der Waals surface area contributed by atoms with Gasteiger partial charge in [-0.15, -0.1) is 0 Å². The first kappa shape index (κ1) is 17.0. The van der Waals surface area contributed by atoms with Crippen LogP contribution in [0.3, 0.4) is 0 Å². The van der Waals surface area contributed by atoms with Crippen LogP contribution in [0.15, 0.2) is 54.6 Å². The highest BCUT2D eigenvalue weighted by atomic mass is 16.5. The van der Waals surface area contributed by atoms with Crippen LogP contribution in [0, 0.1) is 6.92 Å². The van der Waals surface area contributed by atoms with Gasteiger partial charge in [-0.25, -0.2) is 0 Å². The molecule has 1 aliphatic rings. The largest absolute Gasteiger partial charge is 0.492 e. The Morgan fingerprint density at radius 3 is 2.12 bits per heavy atom. The predicted octanol–water partition coefficient (Wildman–Crippen LogP) is 3.23. The minimum Gasteiger partial charge on any atom is -0.492 e. The third-order valence-electron chi connectivity index (χ3n) is 4.78.